The summed E-state index contributed by atoms with van der Waals surface area (Å²) in [5, 5.41) is 12.8. The molecule has 0 atom stereocenters. The highest BCUT2D eigenvalue weighted by Gasteiger charge is 2.13. The molecule has 1 aromatic carbocycles. The van der Waals surface area contributed by atoms with Crippen molar-refractivity contribution >= 4 is 26.0 Å². The summed E-state index contributed by atoms with van der Waals surface area (Å²) in [6.07, 6.45) is 2.91. The predicted octanol–water partition coefficient (Wildman–Crippen LogP) is 2.38. The molecular formula is C12H10BrN3O2S. The summed E-state index contributed by atoms with van der Waals surface area (Å²) in [5.41, 5.74) is 1.88. The van der Waals surface area contributed by atoms with Crippen LogP contribution in [0, 0.1) is 11.3 Å². The minimum atomic E-state index is -3.38. The van der Waals surface area contributed by atoms with Crippen molar-refractivity contribution in [3.8, 4) is 17.2 Å². The average Bonchev–Trinajstić information content (AvgIpc) is 2.88. The van der Waals surface area contributed by atoms with Crippen LogP contribution in [-0.4, -0.2) is 23.4 Å². The van der Waals surface area contributed by atoms with Gasteiger partial charge in [-0.25, -0.2) is 8.42 Å². The van der Waals surface area contributed by atoms with E-state index in [4.69, 9.17) is 5.26 Å². The quantitative estimate of drug-likeness (QED) is 0.860. The van der Waals surface area contributed by atoms with Gasteiger partial charge in [-0.1, -0.05) is 15.9 Å². The van der Waals surface area contributed by atoms with Crippen molar-refractivity contribution in [2.45, 2.75) is 6.92 Å². The number of benzene rings is 1. The first-order valence-electron chi connectivity index (χ1n) is 5.45. The van der Waals surface area contributed by atoms with Crippen molar-refractivity contribution in [2.24, 2.45) is 0 Å². The summed E-state index contributed by atoms with van der Waals surface area (Å²) in [6.45, 7) is 1.56. The van der Waals surface area contributed by atoms with Gasteiger partial charge in [0.15, 0.2) is 0 Å². The van der Waals surface area contributed by atoms with Crippen LogP contribution >= 0.6 is 15.9 Å². The average molecular weight is 340 g/mol. The lowest BCUT2D eigenvalue weighted by Crippen LogP contribution is -2.14. The molecule has 0 fully saturated rings. The van der Waals surface area contributed by atoms with E-state index in [0.717, 1.165) is 14.1 Å². The van der Waals surface area contributed by atoms with Crippen molar-refractivity contribution in [2.75, 3.05) is 5.75 Å². The fraction of sp³-hybridized carbons (Fsp3) is 0.167. The number of nitrogens with zero attached hydrogens (tertiary/aromatic N) is 3. The highest BCUT2D eigenvalue weighted by molar-refractivity contribution is 9.10. The van der Waals surface area contributed by atoms with Crippen LogP contribution in [-0.2, 0) is 10.0 Å². The molecule has 0 radical (unpaired) electrons. The molecule has 2 rings (SSSR count). The third kappa shape index (κ3) is 2.85. The van der Waals surface area contributed by atoms with Gasteiger partial charge in [0.1, 0.15) is 0 Å². The van der Waals surface area contributed by atoms with Crippen molar-refractivity contribution in [1.82, 2.24) is 9.19 Å². The van der Waals surface area contributed by atoms with E-state index >= 15 is 0 Å². The van der Waals surface area contributed by atoms with Gasteiger partial charge in [0.25, 0.3) is 10.0 Å². The Labute approximate surface area is 119 Å². The molecule has 5 nitrogen and oxygen atoms in total. The van der Waals surface area contributed by atoms with E-state index in [0.29, 0.717) is 11.1 Å². The number of aromatic nitrogens is 2. The van der Waals surface area contributed by atoms with Crippen LogP contribution in [0.15, 0.2) is 35.1 Å². The lowest BCUT2D eigenvalue weighted by atomic mass is 10.1. The molecule has 0 spiro atoms. The van der Waals surface area contributed by atoms with E-state index in [2.05, 4.69) is 27.1 Å². The number of nitriles is 1. The molecule has 0 saturated heterocycles. The Morgan fingerprint density at radius 1 is 1.37 bits per heavy atom. The Balaban J connectivity index is 2.50. The first-order valence-corrected chi connectivity index (χ1v) is 7.85. The molecular weight excluding hydrogens is 330 g/mol. The lowest BCUT2D eigenvalue weighted by Gasteiger charge is -2.01. The van der Waals surface area contributed by atoms with E-state index in [1.54, 1.807) is 25.1 Å². The van der Waals surface area contributed by atoms with Gasteiger partial charge in [0, 0.05) is 10.0 Å². The fourth-order valence-electron chi connectivity index (χ4n) is 1.56. The molecule has 2 aromatic rings. The van der Waals surface area contributed by atoms with Crippen molar-refractivity contribution < 1.29 is 8.42 Å². The molecule has 0 saturated carbocycles. The summed E-state index contributed by atoms with van der Waals surface area (Å²) < 4.78 is 25.1. The first-order chi connectivity index (χ1) is 8.96. The normalized spacial score (nSPS) is 11.2. The van der Waals surface area contributed by atoms with Crippen LogP contribution in [0.1, 0.15) is 12.5 Å². The van der Waals surface area contributed by atoms with Crippen LogP contribution in [0.4, 0.5) is 0 Å². The molecule has 0 aliphatic rings. The zero-order valence-corrected chi connectivity index (χ0v) is 12.4. The minimum absolute atomic E-state index is 0.0178. The Morgan fingerprint density at radius 3 is 2.74 bits per heavy atom. The molecule has 0 amide bonds. The van der Waals surface area contributed by atoms with Gasteiger partial charge in [-0.15, -0.1) is 0 Å². The van der Waals surface area contributed by atoms with E-state index in [-0.39, 0.29) is 5.75 Å². The Bertz CT molecular complexity index is 760. The minimum Gasteiger partial charge on any atom is -0.205 e. The highest BCUT2D eigenvalue weighted by Crippen LogP contribution is 2.24. The second-order valence-electron chi connectivity index (χ2n) is 3.84. The zero-order chi connectivity index (χ0) is 14.0. The van der Waals surface area contributed by atoms with Crippen LogP contribution in [0.3, 0.4) is 0 Å². The van der Waals surface area contributed by atoms with E-state index < -0.39 is 10.0 Å². The van der Waals surface area contributed by atoms with Gasteiger partial charge in [0.2, 0.25) is 0 Å². The van der Waals surface area contributed by atoms with E-state index in [9.17, 15) is 8.42 Å². The third-order valence-electron chi connectivity index (χ3n) is 2.57. The second-order valence-corrected chi connectivity index (χ2v) is 6.87. The van der Waals surface area contributed by atoms with Gasteiger partial charge in [0.05, 0.1) is 29.8 Å². The molecule has 19 heavy (non-hydrogen) atoms. The Kier molecular flexibility index (Phi) is 3.73. The van der Waals surface area contributed by atoms with Gasteiger partial charge in [-0.05, 0) is 30.7 Å². The summed E-state index contributed by atoms with van der Waals surface area (Å²) >= 11 is 3.31. The molecule has 98 valence electrons. The standard InChI is InChI=1S/C12H10BrN3O2S/c1-2-19(17,18)16-8-11(7-15-16)10-3-9(6-14)4-12(13)5-10/h3-5,7-8H,2H2,1H3. The largest absolute Gasteiger partial charge is 0.253 e. The topological polar surface area (TPSA) is 75.8 Å². The Hall–Kier alpha value is -1.65. The van der Waals surface area contributed by atoms with Crippen LogP contribution < -0.4 is 0 Å². The number of halogens is 1. The molecule has 0 bridgehead atoms. The van der Waals surface area contributed by atoms with E-state index in [1.165, 1.54) is 12.4 Å². The van der Waals surface area contributed by atoms with Crippen LogP contribution in [0.25, 0.3) is 11.1 Å². The molecule has 1 heterocycles. The molecule has 0 aliphatic carbocycles. The zero-order valence-electron chi connectivity index (χ0n) is 10.0. The molecule has 7 heteroatoms. The number of hydrogen-bond acceptors (Lipinski definition) is 4. The maximum Gasteiger partial charge on any atom is 0.253 e. The maximum absolute atomic E-state index is 11.7. The molecule has 0 unspecified atom stereocenters. The van der Waals surface area contributed by atoms with Gasteiger partial charge in [-0.2, -0.15) is 14.4 Å². The smallest absolute Gasteiger partial charge is 0.205 e. The maximum atomic E-state index is 11.7. The summed E-state index contributed by atoms with van der Waals surface area (Å²) in [4.78, 5) is 0. The second kappa shape index (κ2) is 5.15. The predicted molar refractivity (Wildman–Crippen MR) is 74.9 cm³/mol. The van der Waals surface area contributed by atoms with Crippen molar-refractivity contribution in [3.05, 3.63) is 40.6 Å². The van der Waals surface area contributed by atoms with Crippen LogP contribution in [0.2, 0.25) is 0 Å². The summed E-state index contributed by atoms with van der Waals surface area (Å²) in [6, 6.07) is 7.23. The lowest BCUT2D eigenvalue weighted by molar-refractivity contribution is 0.581. The molecule has 1 aromatic heterocycles. The third-order valence-corrected chi connectivity index (χ3v) is 4.53. The van der Waals surface area contributed by atoms with E-state index in [1.807, 2.05) is 0 Å². The van der Waals surface area contributed by atoms with Gasteiger partial charge in [-0.3, -0.25) is 0 Å². The van der Waals surface area contributed by atoms with Gasteiger partial charge < -0.3 is 0 Å². The monoisotopic (exact) mass is 339 g/mol. The highest BCUT2D eigenvalue weighted by atomic mass is 79.9. The fourth-order valence-corrected chi connectivity index (χ4v) is 2.78. The van der Waals surface area contributed by atoms with Gasteiger partial charge >= 0.3 is 0 Å². The number of hydrogen-bond donors (Lipinski definition) is 0. The molecule has 0 N–H and O–H groups in total. The first kappa shape index (κ1) is 13.8. The SMILES string of the molecule is CCS(=O)(=O)n1cc(-c2cc(Br)cc(C#N)c2)cn1. The van der Waals surface area contributed by atoms with Crippen molar-refractivity contribution in [1.29, 1.82) is 5.26 Å². The number of rotatable bonds is 3. The summed E-state index contributed by atoms with van der Waals surface area (Å²) in [7, 11) is -3.38. The van der Waals surface area contributed by atoms with Crippen molar-refractivity contribution in [3.63, 3.8) is 0 Å². The Morgan fingerprint density at radius 2 is 2.11 bits per heavy atom. The molecule has 0 aliphatic heterocycles. The van der Waals surface area contributed by atoms with Crippen LogP contribution in [0.5, 0.6) is 0 Å². The summed E-state index contributed by atoms with van der Waals surface area (Å²) in [5.74, 6) is -0.0178.